The van der Waals surface area contributed by atoms with Crippen molar-refractivity contribution in [3.63, 3.8) is 0 Å². The molecule has 106 valence electrons. The molecule has 2 nitrogen and oxygen atoms in total. The third-order valence-electron chi connectivity index (χ3n) is 4.38. The van der Waals surface area contributed by atoms with Gasteiger partial charge in [0.15, 0.2) is 0 Å². The number of morpholine rings is 1. The number of hydrogen-bond donors (Lipinski definition) is 0. The predicted octanol–water partition coefficient (Wildman–Crippen LogP) is 3.29. The van der Waals surface area contributed by atoms with Gasteiger partial charge in [-0.1, -0.05) is 30.3 Å². The number of halogens is 1. The second-order valence-corrected chi connectivity index (χ2v) is 6.34. The summed E-state index contributed by atoms with van der Waals surface area (Å²) in [6.07, 6.45) is 4.59. The van der Waals surface area contributed by atoms with Gasteiger partial charge in [-0.2, -0.15) is 0 Å². The van der Waals surface area contributed by atoms with Crippen molar-refractivity contribution >= 4 is 12.4 Å². The molecule has 2 unspecified atom stereocenters. The van der Waals surface area contributed by atoms with Crippen molar-refractivity contribution in [3.05, 3.63) is 35.9 Å². The van der Waals surface area contributed by atoms with Crippen LogP contribution in [0.4, 0.5) is 0 Å². The molecule has 0 saturated carbocycles. The number of hydrogen-bond acceptors (Lipinski definition) is 2. The van der Waals surface area contributed by atoms with Gasteiger partial charge in [0.05, 0.1) is 12.2 Å². The van der Waals surface area contributed by atoms with E-state index in [1.165, 1.54) is 18.4 Å². The molecule has 2 aliphatic heterocycles. The van der Waals surface area contributed by atoms with E-state index in [4.69, 9.17) is 4.74 Å². The number of rotatable bonds is 3. The van der Waals surface area contributed by atoms with Crippen LogP contribution >= 0.6 is 12.4 Å². The minimum atomic E-state index is 0. The number of nitrogens with zero attached hydrogens (tertiary/aromatic N) is 1. The van der Waals surface area contributed by atoms with Gasteiger partial charge in [-0.05, 0) is 38.7 Å². The number of ether oxygens (including phenoxy) is 1. The van der Waals surface area contributed by atoms with Crippen molar-refractivity contribution in [2.45, 2.75) is 50.9 Å². The zero-order valence-electron chi connectivity index (χ0n) is 11.8. The fourth-order valence-electron chi connectivity index (χ4n) is 3.32. The average molecular weight is 282 g/mol. The van der Waals surface area contributed by atoms with Crippen molar-refractivity contribution in [3.8, 4) is 0 Å². The van der Waals surface area contributed by atoms with E-state index < -0.39 is 0 Å². The summed E-state index contributed by atoms with van der Waals surface area (Å²) in [6, 6.07) is 10.8. The lowest BCUT2D eigenvalue weighted by molar-refractivity contribution is -0.0706. The Hall–Kier alpha value is -0.570. The van der Waals surface area contributed by atoms with Gasteiger partial charge in [-0.15, -0.1) is 12.4 Å². The highest BCUT2D eigenvalue weighted by Gasteiger charge is 2.39. The van der Waals surface area contributed by atoms with Crippen molar-refractivity contribution in [1.82, 2.24) is 4.90 Å². The molecule has 0 N–H and O–H groups in total. The maximum Gasteiger partial charge on any atom is 0.0707 e. The average Bonchev–Trinajstić information content (AvgIpc) is 2.69. The fraction of sp³-hybridized carbons (Fsp3) is 0.625. The molecule has 0 aliphatic carbocycles. The molecule has 0 radical (unpaired) electrons. The van der Waals surface area contributed by atoms with Gasteiger partial charge in [0.2, 0.25) is 0 Å². The van der Waals surface area contributed by atoms with E-state index in [2.05, 4.69) is 49.1 Å². The van der Waals surface area contributed by atoms with Gasteiger partial charge in [0.25, 0.3) is 0 Å². The Morgan fingerprint density at radius 2 is 1.68 bits per heavy atom. The lowest BCUT2D eigenvalue weighted by Crippen LogP contribution is -2.54. The number of benzene rings is 1. The van der Waals surface area contributed by atoms with E-state index in [9.17, 15) is 0 Å². The molecule has 2 aliphatic rings. The van der Waals surface area contributed by atoms with Crippen LogP contribution in [0.1, 0.15) is 32.3 Å². The Balaban J connectivity index is 0.00000133. The first kappa shape index (κ1) is 14.8. The molecule has 0 amide bonds. The third kappa shape index (κ3) is 3.31. The van der Waals surface area contributed by atoms with Crippen molar-refractivity contribution in [2.75, 3.05) is 13.1 Å². The molecule has 2 saturated heterocycles. The van der Waals surface area contributed by atoms with E-state index in [1.54, 1.807) is 0 Å². The normalized spacial score (nSPS) is 27.1. The molecule has 0 aromatic heterocycles. The minimum absolute atomic E-state index is 0. The van der Waals surface area contributed by atoms with Gasteiger partial charge in [0.1, 0.15) is 0 Å². The van der Waals surface area contributed by atoms with Crippen LogP contribution in [0.15, 0.2) is 30.3 Å². The van der Waals surface area contributed by atoms with Crippen LogP contribution in [-0.4, -0.2) is 35.7 Å². The van der Waals surface area contributed by atoms with Crippen LogP contribution in [0.5, 0.6) is 0 Å². The zero-order chi connectivity index (χ0) is 12.6. The zero-order valence-corrected chi connectivity index (χ0v) is 12.7. The fourth-order valence-corrected chi connectivity index (χ4v) is 3.32. The maximum atomic E-state index is 5.93. The summed E-state index contributed by atoms with van der Waals surface area (Å²) in [5.41, 5.74) is 1.66. The molecule has 2 bridgehead atoms. The minimum Gasteiger partial charge on any atom is -0.372 e. The molecule has 2 heterocycles. The lowest BCUT2D eigenvalue weighted by Gasteiger charge is -2.43. The first-order valence-corrected chi connectivity index (χ1v) is 7.08. The molecule has 1 aromatic rings. The SMILES string of the molecule is CC(C)(Cc1ccccc1)N1CC2CCC(C1)O2.Cl. The van der Waals surface area contributed by atoms with Crippen LogP contribution in [0.25, 0.3) is 0 Å². The van der Waals surface area contributed by atoms with Gasteiger partial charge < -0.3 is 4.74 Å². The highest BCUT2D eigenvalue weighted by molar-refractivity contribution is 5.85. The molecule has 2 atom stereocenters. The van der Waals surface area contributed by atoms with Crippen molar-refractivity contribution in [1.29, 1.82) is 0 Å². The molecular formula is C16H24ClNO. The van der Waals surface area contributed by atoms with Crippen LogP contribution in [0.2, 0.25) is 0 Å². The Kier molecular flexibility index (Phi) is 4.54. The standard InChI is InChI=1S/C16H23NO.ClH/c1-16(2,10-13-6-4-3-5-7-13)17-11-14-8-9-15(12-17)18-14;/h3-7,14-15H,8-12H2,1-2H3;1H. The van der Waals surface area contributed by atoms with Crippen molar-refractivity contribution < 1.29 is 4.74 Å². The van der Waals surface area contributed by atoms with Crippen LogP contribution in [0, 0.1) is 0 Å². The van der Waals surface area contributed by atoms with E-state index in [0.717, 1.165) is 19.5 Å². The number of fused-ring (bicyclic) bond motifs is 2. The second kappa shape index (κ2) is 5.82. The van der Waals surface area contributed by atoms with Crippen LogP contribution < -0.4 is 0 Å². The smallest absolute Gasteiger partial charge is 0.0707 e. The van der Waals surface area contributed by atoms with Crippen LogP contribution in [0.3, 0.4) is 0 Å². The molecule has 0 spiro atoms. The molecule has 1 aromatic carbocycles. The van der Waals surface area contributed by atoms with Gasteiger partial charge in [-0.3, -0.25) is 4.90 Å². The molecule has 19 heavy (non-hydrogen) atoms. The predicted molar refractivity (Wildman–Crippen MR) is 80.9 cm³/mol. The molecule has 3 rings (SSSR count). The maximum absolute atomic E-state index is 5.93. The molecule has 2 fully saturated rings. The second-order valence-electron chi connectivity index (χ2n) is 6.34. The quantitative estimate of drug-likeness (QED) is 0.843. The summed E-state index contributed by atoms with van der Waals surface area (Å²) < 4.78 is 5.93. The summed E-state index contributed by atoms with van der Waals surface area (Å²) in [5.74, 6) is 0. The largest absolute Gasteiger partial charge is 0.372 e. The first-order chi connectivity index (χ1) is 8.63. The van der Waals surface area contributed by atoms with Gasteiger partial charge in [-0.25, -0.2) is 0 Å². The van der Waals surface area contributed by atoms with E-state index in [0.29, 0.717) is 12.2 Å². The van der Waals surface area contributed by atoms with Crippen LogP contribution in [-0.2, 0) is 11.2 Å². The van der Waals surface area contributed by atoms with E-state index in [-0.39, 0.29) is 17.9 Å². The number of likely N-dealkylation sites (tertiary alicyclic amines) is 1. The molecular weight excluding hydrogens is 258 g/mol. The summed E-state index contributed by atoms with van der Waals surface area (Å²) in [4.78, 5) is 2.63. The topological polar surface area (TPSA) is 12.5 Å². The van der Waals surface area contributed by atoms with Crippen molar-refractivity contribution in [2.24, 2.45) is 0 Å². The Morgan fingerprint density at radius 3 is 2.26 bits per heavy atom. The first-order valence-electron chi connectivity index (χ1n) is 7.08. The van der Waals surface area contributed by atoms with Gasteiger partial charge in [0, 0.05) is 18.6 Å². The summed E-state index contributed by atoms with van der Waals surface area (Å²) >= 11 is 0. The highest BCUT2D eigenvalue weighted by Crippen LogP contribution is 2.31. The van der Waals surface area contributed by atoms with E-state index in [1.807, 2.05) is 0 Å². The summed E-state index contributed by atoms with van der Waals surface area (Å²) in [6.45, 7) is 6.95. The summed E-state index contributed by atoms with van der Waals surface area (Å²) in [7, 11) is 0. The third-order valence-corrected chi connectivity index (χ3v) is 4.38. The Morgan fingerprint density at radius 1 is 1.11 bits per heavy atom. The van der Waals surface area contributed by atoms with Gasteiger partial charge >= 0.3 is 0 Å². The summed E-state index contributed by atoms with van der Waals surface area (Å²) in [5, 5.41) is 0. The lowest BCUT2D eigenvalue weighted by atomic mass is 9.92. The van der Waals surface area contributed by atoms with E-state index >= 15 is 0 Å². The monoisotopic (exact) mass is 281 g/mol. The Bertz CT molecular complexity index is 394. The highest BCUT2D eigenvalue weighted by atomic mass is 35.5. The molecule has 3 heteroatoms. The Labute approximate surface area is 122 Å².